The first-order valence-corrected chi connectivity index (χ1v) is 5.38. The molecule has 90 valence electrons. The third-order valence-electron chi connectivity index (χ3n) is 2.34. The predicted octanol–water partition coefficient (Wildman–Crippen LogP) is 1.40. The first-order chi connectivity index (χ1) is 8.79. The maximum atomic E-state index is 8.77. The molecule has 0 spiro atoms. The molecule has 2 heterocycles. The molecule has 0 aliphatic carbocycles. The fraction of sp³-hybridized carbons (Fsp3) is 0.167. The van der Waals surface area contributed by atoms with Crippen LogP contribution in [-0.4, -0.2) is 22.0 Å². The number of rotatable bonds is 4. The Labute approximate surface area is 105 Å². The summed E-state index contributed by atoms with van der Waals surface area (Å²) in [6.07, 6.45) is 6.93. The van der Waals surface area contributed by atoms with Gasteiger partial charge in [0.1, 0.15) is 18.0 Å². The van der Waals surface area contributed by atoms with Gasteiger partial charge in [0.25, 0.3) is 0 Å². The molecular weight excluding hydrogens is 228 g/mol. The van der Waals surface area contributed by atoms with E-state index in [1.54, 1.807) is 25.5 Å². The number of pyridine rings is 1. The molecule has 18 heavy (non-hydrogen) atoms. The van der Waals surface area contributed by atoms with Crippen LogP contribution in [0, 0.1) is 11.5 Å². The summed E-state index contributed by atoms with van der Waals surface area (Å²) >= 11 is 0. The van der Waals surface area contributed by atoms with Gasteiger partial charge >= 0.3 is 0 Å². The number of hydrogen-bond acceptors (Lipinski definition) is 6. The van der Waals surface area contributed by atoms with Gasteiger partial charge < -0.3 is 5.32 Å². The van der Waals surface area contributed by atoms with Gasteiger partial charge in [-0.3, -0.25) is 9.88 Å². The van der Waals surface area contributed by atoms with E-state index in [9.17, 15) is 0 Å². The Hall–Kier alpha value is -2.68. The van der Waals surface area contributed by atoms with E-state index in [1.165, 1.54) is 11.2 Å². The van der Waals surface area contributed by atoms with Crippen LogP contribution in [0.4, 0.5) is 11.6 Å². The van der Waals surface area contributed by atoms with E-state index in [4.69, 9.17) is 5.26 Å². The predicted molar refractivity (Wildman–Crippen MR) is 67.6 cm³/mol. The van der Waals surface area contributed by atoms with Gasteiger partial charge in [0, 0.05) is 32.1 Å². The molecule has 0 fully saturated rings. The van der Waals surface area contributed by atoms with Crippen LogP contribution in [0.5, 0.6) is 0 Å². The monoisotopic (exact) mass is 240 g/mol. The average molecular weight is 240 g/mol. The van der Waals surface area contributed by atoms with Crippen LogP contribution in [0.1, 0.15) is 5.56 Å². The van der Waals surface area contributed by atoms with Crippen molar-refractivity contribution < 1.29 is 0 Å². The van der Waals surface area contributed by atoms with Gasteiger partial charge in [0.15, 0.2) is 6.19 Å². The molecule has 2 aromatic rings. The van der Waals surface area contributed by atoms with E-state index in [0.29, 0.717) is 18.2 Å². The van der Waals surface area contributed by atoms with Gasteiger partial charge in [-0.2, -0.15) is 5.26 Å². The molecule has 0 saturated heterocycles. The van der Waals surface area contributed by atoms with Gasteiger partial charge in [0.2, 0.25) is 0 Å². The quantitative estimate of drug-likeness (QED) is 0.643. The average Bonchev–Trinajstić information content (AvgIpc) is 2.45. The van der Waals surface area contributed by atoms with Crippen molar-refractivity contribution in [3.8, 4) is 6.19 Å². The largest absolute Gasteiger partial charge is 0.366 e. The minimum absolute atomic E-state index is 0.557. The molecule has 0 bridgehead atoms. The highest BCUT2D eigenvalue weighted by Crippen LogP contribution is 2.12. The van der Waals surface area contributed by atoms with Gasteiger partial charge in [-0.05, 0) is 11.6 Å². The van der Waals surface area contributed by atoms with Crippen molar-refractivity contribution in [2.24, 2.45) is 0 Å². The number of aromatic nitrogens is 3. The van der Waals surface area contributed by atoms with E-state index >= 15 is 0 Å². The highest BCUT2D eigenvalue weighted by Gasteiger charge is 2.02. The van der Waals surface area contributed by atoms with Crippen molar-refractivity contribution in [3.05, 3.63) is 42.5 Å². The Bertz CT molecular complexity index is 548. The van der Waals surface area contributed by atoms with E-state index in [-0.39, 0.29) is 0 Å². The third-order valence-corrected chi connectivity index (χ3v) is 2.34. The minimum atomic E-state index is 0.557. The zero-order valence-electron chi connectivity index (χ0n) is 9.91. The van der Waals surface area contributed by atoms with Crippen molar-refractivity contribution in [2.45, 2.75) is 6.54 Å². The van der Waals surface area contributed by atoms with E-state index < -0.39 is 0 Å². The summed E-state index contributed by atoms with van der Waals surface area (Å²) in [6, 6.07) is 5.58. The molecule has 6 heteroatoms. The van der Waals surface area contributed by atoms with E-state index in [2.05, 4.69) is 20.3 Å². The number of nitriles is 1. The van der Waals surface area contributed by atoms with Crippen molar-refractivity contribution in [3.63, 3.8) is 0 Å². The zero-order chi connectivity index (χ0) is 12.8. The topological polar surface area (TPSA) is 77.7 Å². The maximum Gasteiger partial charge on any atom is 0.185 e. The Balaban J connectivity index is 2.04. The lowest BCUT2D eigenvalue weighted by Crippen LogP contribution is -2.11. The highest BCUT2D eigenvalue weighted by molar-refractivity contribution is 5.50. The van der Waals surface area contributed by atoms with Crippen LogP contribution in [0.3, 0.4) is 0 Å². The highest BCUT2D eigenvalue weighted by atomic mass is 15.2. The Morgan fingerprint density at radius 3 is 3.06 bits per heavy atom. The molecule has 6 nitrogen and oxygen atoms in total. The molecule has 0 saturated carbocycles. The summed E-state index contributed by atoms with van der Waals surface area (Å²) in [6.45, 7) is 0.626. The molecule has 1 N–H and O–H groups in total. The summed E-state index contributed by atoms with van der Waals surface area (Å²) in [5, 5.41) is 11.9. The van der Waals surface area contributed by atoms with Crippen LogP contribution >= 0.6 is 0 Å². The number of hydrogen-bond donors (Lipinski definition) is 1. The third kappa shape index (κ3) is 2.92. The van der Waals surface area contributed by atoms with E-state index in [0.717, 1.165) is 5.56 Å². The van der Waals surface area contributed by atoms with Crippen molar-refractivity contribution in [1.29, 1.82) is 5.26 Å². The van der Waals surface area contributed by atoms with Crippen molar-refractivity contribution in [1.82, 2.24) is 15.0 Å². The number of nitrogens with one attached hydrogen (secondary N) is 1. The fourth-order valence-electron chi connectivity index (χ4n) is 1.37. The second-order valence-corrected chi connectivity index (χ2v) is 3.64. The normalized spacial score (nSPS) is 9.56. The van der Waals surface area contributed by atoms with Crippen LogP contribution in [0.25, 0.3) is 0 Å². The van der Waals surface area contributed by atoms with Gasteiger partial charge in [0.05, 0.1) is 0 Å². The van der Waals surface area contributed by atoms with Gasteiger partial charge in [-0.15, -0.1) is 0 Å². The smallest absolute Gasteiger partial charge is 0.185 e. The molecule has 2 aromatic heterocycles. The summed E-state index contributed by atoms with van der Waals surface area (Å²) < 4.78 is 0. The molecule has 0 aliphatic heterocycles. The lowest BCUT2D eigenvalue weighted by Gasteiger charge is -2.09. The van der Waals surface area contributed by atoms with Crippen LogP contribution in [-0.2, 0) is 6.54 Å². The Kier molecular flexibility index (Phi) is 3.66. The molecular formula is C12H12N6. The molecule has 0 amide bonds. The van der Waals surface area contributed by atoms with Crippen molar-refractivity contribution in [2.75, 3.05) is 17.3 Å². The summed E-state index contributed by atoms with van der Waals surface area (Å²) in [5.41, 5.74) is 1.06. The summed E-state index contributed by atoms with van der Waals surface area (Å²) in [4.78, 5) is 13.5. The van der Waals surface area contributed by atoms with Crippen molar-refractivity contribution >= 4 is 11.6 Å². The molecule has 0 unspecified atom stereocenters. The Morgan fingerprint density at radius 2 is 2.33 bits per heavy atom. The second kappa shape index (κ2) is 5.59. The van der Waals surface area contributed by atoms with Gasteiger partial charge in [-0.25, -0.2) is 9.97 Å². The Morgan fingerprint density at radius 1 is 1.44 bits per heavy atom. The lowest BCUT2D eigenvalue weighted by molar-refractivity contribution is 1.04. The number of anilines is 2. The molecule has 2 rings (SSSR count). The first-order valence-electron chi connectivity index (χ1n) is 5.38. The SMILES string of the molecule is CN(C#N)c1cc(NCc2cccnc2)ncn1. The lowest BCUT2D eigenvalue weighted by atomic mass is 10.3. The summed E-state index contributed by atoms with van der Waals surface area (Å²) in [5.74, 6) is 1.23. The first kappa shape index (κ1) is 11.8. The van der Waals surface area contributed by atoms with Crippen LogP contribution in [0.15, 0.2) is 36.9 Å². The van der Waals surface area contributed by atoms with Crippen LogP contribution < -0.4 is 10.2 Å². The fourth-order valence-corrected chi connectivity index (χ4v) is 1.37. The van der Waals surface area contributed by atoms with E-state index in [1.807, 2.05) is 18.3 Å². The number of nitrogens with zero attached hydrogens (tertiary/aromatic N) is 5. The maximum absolute atomic E-state index is 8.77. The molecule has 0 aromatic carbocycles. The molecule has 0 aliphatic rings. The summed E-state index contributed by atoms with van der Waals surface area (Å²) in [7, 11) is 1.65. The molecule has 0 atom stereocenters. The standard InChI is InChI=1S/C12H12N6/c1-18(8-13)12-5-11(16-9-17-12)15-7-10-3-2-4-14-6-10/h2-6,9H,7H2,1H3,(H,15,16,17). The second-order valence-electron chi connectivity index (χ2n) is 3.64. The molecule has 0 radical (unpaired) electrons. The zero-order valence-corrected chi connectivity index (χ0v) is 9.91. The van der Waals surface area contributed by atoms with Crippen LogP contribution in [0.2, 0.25) is 0 Å². The minimum Gasteiger partial charge on any atom is -0.366 e. The van der Waals surface area contributed by atoms with Gasteiger partial charge in [-0.1, -0.05) is 6.07 Å².